The first-order chi connectivity index (χ1) is 12.5. The third-order valence-electron chi connectivity index (χ3n) is 5.16. The van der Waals surface area contributed by atoms with Gasteiger partial charge in [0.25, 0.3) is 0 Å². The van der Waals surface area contributed by atoms with Gasteiger partial charge in [0.2, 0.25) is 11.8 Å². The summed E-state index contributed by atoms with van der Waals surface area (Å²) in [6.07, 6.45) is 1.47. The first kappa shape index (κ1) is 18.6. The zero-order valence-electron chi connectivity index (χ0n) is 15.4. The molecule has 2 atom stereocenters. The molecule has 0 aromatic heterocycles. The van der Waals surface area contributed by atoms with Crippen LogP contribution in [-0.2, 0) is 25.5 Å². The quantitative estimate of drug-likeness (QED) is 0.805. The van der Waals surface area contributed by atoms with Crippen molar-refractivity contribution in [3.8, 4) is 0 Å². The molecule has 6 heteroatoms. The summed E-state index contributed by atoms with van der Waals surface area (Å²) in [4.78, 5) is 40.4. The molecular formula is C20H26N2O4. The van der Waals surface area contributed by atoms with E-state index in [1.165, 1.54) is 12.5 Å². The molecule has 1 aromatic rings. The van der Waals surface area contributed by atoms with Crippen molar-refractivity contribution in [2.24, 2.45) is 5.92 Å². The number of rotatable bonds is 5. The highest BCUT2D eigenvalue weighted by atomic mass is 16.5. The second-order valence-electron chi connectivity index (χ2n) is 7.09. The van der Waals surface area contributed by atoms with Gasteiger partial charge in [-0.15, -0.1) is 0 Å². The molecule has 2 saturated heterocycles. The van der Waals surface area contributed by atoms with Gasteiger partial charge in [0, 0.05) is 31.6 Å². The smallest absolute Gasteiger partial charge is 0.228 e. The average Bonchev–Trinajstić information content (AvgIpc) is 3.03. The van der Waals surface area contributed by atoms with Gasteiger partial charge in [-0.1, -0.05) is 19.1 Å². The predicted octanol–water partition coefficient (Wildman–Crippen LogP) is 1.81. The molecule has 0 N–H and O–H groups in total. The lowest BCUT2D eigenvalue weighted by Crippen LogP contribution is -2.51. The lowest BCUT2D eigenvalue weighted by Gasteiger charge is -2.36. The van der Waals surface area contributed by atoms with Gasteiger partial charge in [-0.25, -0.2) is 0 Å². The van der Waals surface area contributed by atoms with E-state index in [-0.39, 0.29) is 36.0 Å². The molecule has 140 valence electrons. The van der Waals surface area contributed by atoms with Crippen molar-refractivity contribution >= 4 is 23.3 Å². The Hall–Kier alpha value is -2.21. The molecule has 2 heterocycles. The van der Waals surface area contributed by atoms with Gasteiger partial charge in [0.05, 0.1) is 25.2 Å². The molecule has 0 unspecified atom stereocenters. The Bertz CT molecular complexity index is 686. The maximum atomic E-state index is 13.0. The molecule has 0 aliphatic carbocycles. The average molecular weight is 358 g/mol. The predicted molar refractivity (Wildman–Crippen MR) is 97.9 cm³/mol. The van der Waals surface area contributed by atoms with Crippen LogP contribution < -0.4 is 4.90 Å². The number of benzene rings is 1. The number of ether oxygens (including phenoxy) is 1. The molecule has 6 nitrogen and oxygen atoms in total. The van der Waals surface area contributed by atoms with Crippen LogP contribution in [0, 0.1) is 5.92 Å². The molecule has 1 aromatic carbocycles. The summed E-state index contributed by atoms with van der Waals surface area (Å²) in [6, 6.07) is 7.70. The summed E-state index contributed by atoms with van der Waals surface area (Å²) in [7, 11) is 0. The zero-order valence-corrected chi connectivity index (χ0v) is 15.4. The zero-order chi connectivity index (χ0) is 18.7. The minimum absolute atomic E-state index is 0.0241. The fourth-order valence-corrected chi connectivity index (χ4v) is 3.71. The number of hydrogen-bond acceptors (Lipinski definition) is 4. The molecule has 0 saturated carbocycles. The summed E-state index contributed by atoms with van der Waals surface area (Å²) >= 11 is 0. The van der Waals surface area contributed by atoms with Crippen molar-refractivity contribution in [1.82, 2.24) is 4.90 Å². The summed E-state index contributed by atoms with van der Waals surface area (Å²) in [6.45, 7) is 5.35. The van der Waals surface area contributed by atoms with E-state index in [9.17, 15) is 14.4 Å². The van der Waals surface area contributed by atoms with Gasteiger partial charge < -0.3 is 14.5 Å². The topological polar surface area (TPSA) is 66.9 Å². The van der Waals surface area contributed by atoms with E-state index in [4.69, 9.17) is 4.74 Å². The van der Waals surface area contributed by atoms with Crippen LogP contribution in [-0.4, -0.2) is 54.8 Å². The van der Waals surface area contributed by atoms with Gasteiger partial charge >= 0.3 is 0 Å². The van der Waals surface area contributed by atoms with Crippen molar-refractivity contribution in [3.05, 3.63) is 29.8 Å². The van der Waals surface area contributed by atoms with Gasteiger partial charge in [0.15, 0.2) is 0 Å². The van der Waals surface area contributed by atoms with Gasteiger partial charge in [-0.2, -0.15) is 0 Å². The van der Waals surface area contributed by atoms with Crippen LogP contribution in [0.2, 0.25) is 0 Å². The normalized spacial score (nSPS) is 23.4. The number of ketones is 1. The van der Waals surface area contributed by atoms with E-state index >= 15 is 0 Å². The Morgan fingerprint density at radius 2 is 1.96 bits per heavy atom. The standard InChI is InChI=1S/C20H26N2O4/c1-3-15-4-6-17(7-5-15)22-12-16(11-19(22)24)20(25)21-8-9-26-13-18(21)10-14(2)23/h4-7,16,18H,3,8-13H2,1-2H3/t16-,18+/m0/s1. The molecule has 2 aliphatic rings. The lowest BCUT2D eigenvalue weighted by atomic mass is 10.0. The molecule has 26 heavy (non-hydrogen) atoms. The van der Waals surface area contributed by atoms with E-state index in [1.54, 1.807) is 9.80 Å². The molecule has 2 fully saturated rings. The highest BCUT2D eigenvalue weighted by Crippen LogP contribution is 2.28. The maximum Gasteiger partial charge on any atom is 0.228 e. The van der Waals surface area contributed by atoms with Crippen molar-refractivity contribution in [2.75, 3.05) is 31.2 Å². The van der Waals surface area contributed by atoms with E-state index in [1.807, 2.05) is 24.3 Å². The first-order valence-electron chi connectivity index (χ1n) is 9.26. The molecule has 3 rings (SSSR count). The minimum atomic E-state index is -0.360. The fourth-order valence-electron chi connectivity index (χ4n) is 3.71. The molecule has 0 bridgehead atoms. The largest absolute Gasteiger partial charge is 0.377 e. The van der Waals surface area contributed by atoms with E-state index < -0.39 is 0 Å². The Kier molecular flexibility index (Phi) is 5.71. The monoisotopic (exact) mass is 358 g/mol. The summed E-state index contributed by atoms with van der Waals surface area (Å²) in [5.74, 6) is -0.385. The summed E-state index contributed by atoms with van der Waals surface area (Å²) in [5, 5.41) is 0. The number of morpholine rings is 1. The Morgan fingerprint density at radius 3 is 2.62 bits per heavy atom. The van der Waals surface area contributed by atoms with Crippen molar-refractivity contribution < 1.29 is 19.1 Å². The molecule has 0 spiro atoms. The van der Waals surface area contributed by atoms with Crippen LogP contribution in [0.3, 0.4) is 0 Å². The first-order valence-corrected chi connectivity index (χ1v) is 9.26. The summed E-state index contributed by atoms with van der Waals surface area (Å²) in [5.41, 5.74) is 2.05. The lowest BCUT2D eigenvalue weighted by molar-refractivity contribution is -0.145. The molecule has 2 aliphatic heterocycles. The van der Waals surface area contributed by atoms with Crippen molar-refractivity contribution in [2.45, 2.75) is 39.2 Å². The van der Waals surface area contributed by atoms with Crippen LogP contribution >= 0.6 is 0 Å². The second kappa shape index (κ2) is 7.99. The summed E-state index contributed by atoms with van der Waals surface area (Å²) < 4.78 is 5.44. The number of carbonyl (C=O) groups is 3. The van der Waals surface area contributed by atoms with Crippen LogP contribution in [0.1, 0.15) is 32.3 Å². The SMILES string of the molecule is CCc1ccc(N2C[C@@H](C(=O)N3CCOC[C@H]3CC(C)=O)CC2=O)cc1. The maximum absolute atomic E-state index is 13.0. The van der Waals surface area contributed by atoms with Crippen LogP contribution in [0.4, 0.5) is 5.69 Å². The molecule has 0 radical (unpaired) electrons. The Morgan fingerprint density at radius 1 is 1.23 bits per heavy atom. The van der Waals surface area contributed by atoms with E-state index in [2.05, 4.69) is 6.92 Å². The van der Waals surface area contributed by atoms with E-state index in [0.717, 1.165) is 12.1 Å². The van der Waals surface area contributed by atoms with Crippen molar-refractivity contribution in [3.63, 3.8) is 0 Å². The van der Waals surface area contributed by atoms with Crippen LogP contribution in [0.5, 0.6) is 0 Å². The highest BCUT2D eigenvalue weighted by molar-refractivity contribution is 6.00. The molecule has 2 amide bonds. The van der Waals surface area contributed by atoms with Gasteiger partial charge in [-0.05, 0) is 31.0 Å². The number of hydrogen-bond donors (Lipinski definition) is 0. The van der Waals surface area contributed by atoms with Crippen LogP contribution in [0.25, 0.3) is 0 Å². The molecular weight excluding hydrogens is 332 g/mol. The third kappa shape index (κ3) is 3.96. The van der Waals surface area contributed by atoms with Crippen LogP contribution in [0.15, 0.2) is 24.3 Å². The fraction of sp³-hybridized carbons (Fsp3) is 0.550. The van der Waals surface area contributed by atoms with Gasteiger partial charge in [-0.3, -0.25) is 14.4 Å². The number of carbonyl (C=O) groups excluding carboxylic acids is 3. The van der Waals surface area contributed by atoms with Crippen molar-refractivity contribution in [1.29, 1.82) is 0 Å². The Balaban J connectivity index is 1.70. The number of aryl methyl sites for hydroxylation is 1. The second-order valence-corrected chi connectivity index (χ2v) is 7.09. The third-order valence-corrected chi connectivity index (χ3v) is 5.16. The number of amides is 2. The van der Waals surface area contributed by atoms with E-state index in [0.29, 0.717) is 32.7 Å². The highest BCUT2D eigenvalue weighted by Gasteiger charge is 2.39. The number of Topliss-reactive ketones (excluding diaryl/α,β-unsaturated/α-hetero) is 1. The number of anilines is 1. The van der Waals surface area contributed by atoms with Gasteiger partial charge in [0.1, 0.15) is 5.78 Å². The Labute approximate surface area is 154 Å². The minimum Gasteiger partial charge on any atom is -0.377 e. The number of nitrogens with zero attached hydrogens (tertiary/aromatic N) is 2.